The molecule has 0 spiro atoms. The molecule has 0 amide bonds. The first kappa shape index (κ1) is 40.2. The summed E-state index contributed by atoms with van der Waals surface area (Å²) >= 11 is 0. The fraction of sp³-hybridized carbons (Fsp3) is 0.345. The Balaban J connectivity index is 1.69. The molecule has 3 aromatic rings. The van der Waals surface area contributed by atoms with Gasteiger partial charge in [0.2, 0.25) is 0 Å². The highest BCUT2D eigenvalue weighted by molar-refractivity contribution is 5.88. The van der Waals surface area contributed by atoms with Crippen molar-refractivity contribution in [3.63, 3.8) is 0 Å². The van der Waals surface area contributed by atoms with E-state index < -0.39 is 10.8 Å². The largest absolute Gasteiger partial charge is 0.0578 e. The second-order valence-corrected chi connectivity index (χ2v) is 20.6. The summed E-state index contributed by atoms with van der Waals surface area (Å²) in [5.74, 6) is 0. The number of benzene rings is 2. The number of rotatable bonds is 0. The van der Waals surface area contributed by atoms with E-state index in [1.165, 1.54) is 44.6 Å². The maximum absolute atomic E-state index is 3.63. The molecule has 286 valence electrons. The highest BCUT2D eigenvalue weighted by Crippen LogP contribution is 2.66. The zero-order valence-electron chi connectivity index (χ0n) is 36.9. The summed E-state index contributed by atoms with van der Waals surface area (Å²) in [5.41, 5.74) is 8.80. The van der Waals surface area contributed by atoms with Crippen molar-refractivity contribution in [1.82, 2.24) is 0 Å². The molecule has 0 bridgehead atoms. The van der Waals surface area contributed by atoms with Crippen LogP contribution in [0.1, 0.15) is 108 Å². The van der Waals surface area contributed by atoms with Crippen LogP contribution in [0, 0.1) is 94.5 Å². The molecule has 0 aliphatic heterocycles. The lowest BCUT2D eigenvalue weighted by molar-refractivity contribution is 0.298. The zero-order valence-corrected chi connectivity index (χ0v) is 36.9. The van der Waals surface area contributed by atoms with Crippen LogP contribution in [-0.2, 0) is 10.8 Å². The van der Waals surface area contributed by atoms with Gasteiger partial charge in [0.15, 0.2) is 0 Å². The first-order chi connectivity index (χ1) is 27.0. The van der Waals surface area contributed by atoms with Gasteiger partial charge in [0, 0.05) is 42.8 Å². The first-order valence-electron chi connectivity index (χ1n) is 20.4. The van der Waals surface area contributed by atoms with Crippen LogP contribution >= 0.6 is 0 Å². The van der Waals surface area contributed by atoms with Gasteiger partial charge < -0.3 is 0 Å². The first-order valence-corrected chi connectivity index (χ1v) is 20.4. The predicted octanol–water partition coefficient (Wildman–Crippen LogP) is 12.3. The number of fused-ring (bicyclic) bond motifs is 3. The predicted molar refractivity (Wildman–Crippen MR) is 240 cm³/mol. The molecule has 2 atom stereocenters. The van der Waals surface area contributed by atoms with Crippen LogP contribution in [0.2, 0.25) is 0 Å². The molecular weight excluding hydrogens is 697 g/mol. The van der Waals surface area contributed by atoms with Crippen LogP contribution in [0.3, 0.4) is 0 Å². The lowest BCUT2D eigenvalue weighted by Crippen LogP contribution is -2.54. The average molecular weight is 751 g/mol. The fourth-order valence-electron chi connectivity index (χ4n) is 8.41. The summed E-state index contributed by atoms with van der Waals surface area (Å²) in [7, 11) is 0. The highest BCUT2D eigenvalue weighted by atomic mass is 14.6. The summed E-state index contributed by atoms with van der Waals surface area (Å²) < 4.78 is 0. The third kappa shape index (κ3) is 6.99. The van der Waals surface area contributed by atoms with E-state index in [0.29, 0.717) is 0 Å². The standard InChI is InChI=1S/C58H54/c1-53(2,3)43-29-27-39-21-17-19-25-49-50(26-20-18-22-40-28-30-44(54(4,5)6)34-42(40)24-16-15-23-41(39)33-43)52-38-48(56(10,11)12)36-46-32-31-45-35-47(55(7,8)9)37-51(49)57(45,13)58(46,52)14/h27-38H,1-14H3/t57-,58-/m0/s1. The van der Waals surface area contributed by atoms with E-state index in [9.17, 15) is 0 Å². The van der Waals surface area contributed by atoms with Crippen LogP contribution in [-0.4, -0.2) is 0 Å². The molecule has 0 nitrogen and oxygen atoms in total. The summed E-state index contributed by atoms with van der Waals surface area (Å²) in [5, 5.41) is 5.16. The maximum Gasteiger partial charge on any atom is 0.0457 e. The quantitative estimate of drug-likeness (QED) is 0.215. The minimum absolute atomic E-state index is 0.0521. The molecule has 0 N–H and O–H groups in total. The monoisotopic (exact) mass is 750 g/mol. The van der Waals surface area contributed by atoms with Gasteiger partial charge in [-0.15, -0.1) is 0 Å². The number of allylic oxidation sites excluding steroid dienone is 10. The van der Waals surface area contributed by atoms with E-state index >= 15 is 0 Å². The number of hydrogen-bond acceptors (Lipinski definition) is 0. The Morgan fingerprint density at radius 3 is 1.03 bits per heavy atom. The molecule has 7 rings (SSSR count). The molecule has 0 heterocycles. The van der Waals surface area contributed by atoms with E-state index in [2.05, 4.69) is 243 Å². The fourth-order valence-corrected chi connectivity index (χ4v) is 8.41. The van der Waals surface area contributed by atoms with Crippen molar-refractivity contribution in [2.75, 3.05) is 0 Å². The Bertz CT molecular complexity index is 2520. The lowest BCUT2D eigenvalue weighted by atomic mass is 9.45. The van der Waals surface area contributed by atoms with Gasteiger partial charge in [0.25, 0.3) is 0 Å². The normalized spacial score (nSPS) is 20.2. The van der Waals surface area contributed by atoms with Gasteiger partial charge in [0.05, 0.1) is 0 Å². The Morgan fingerprint density at radius 2 is 0.707 bits per heavy atom. The van der Waals surface area contributed by atoms with Crippen LogP contribution < -0.4 is 10.4 Å². The van der Waals surface area contributed by atoms with Crippen molar-refractivity contribution in [3.05, 3.63) is 190 Å². The Hall–Kier alpha value is -6.02. The van der Waals surface area contributed by atoms with E-state index in [1.54, 1.807) is 0 Å². The van der Waals surface area contributed by atoms with Crippen molar-refractivity contribution in [3.8, 4) is 0 Å². The summed E-state index contributed by atoms with van der Waals surface area (Å²) in [6.07, 6.45) is 14.3. The van der Waals surface area contributed by atoms with Crippen molar-refractivity contribution < 1.29 is 0 Å². The molecule has 0 fully saturated rings. The van der Waals surface area contributed by atoms with Gasteiger partial charge in [-0.1, -0.05) is 182 Å². The van der Waals surface area contributed by atoms with Crippen molar-refractivity contribution in [1.29, 1.82) is 0 Å². The van der Waals surface area contributed by atoms with Crippen LogP contribution in [0.4, 0.5) is 0 Å². The van der Waals surface area contributed by atoms with Crippen LogP contribution in [0.25, 0.3) is 32.7 Å². The summed E-state index contributed by atoms with van der Waals surface area (Å²) in [4.78, 5) is 0. The third-order valence-corrected chi connectivity index (χ3v) is 12.5. The molecule has 0 unspecified atom stereocenters. The molecule has 3 aromatic carbocycles. The topological polar surface area (TPSA) is 0 Å². The van der Waals surface area contributed by atoms with E-state index in [-0.39, 0.29) is 21.7 Å². The molecule has 0 saturated carbocycles. The van der Waals surface area contributed by atoms with Gasteiger partial charge in [-0.25, -0.2) is 0 Å². The maximum atomic E-state index is 3.63. The van der Waals surface area contributed by atoms with E-state index in [0.717, 1.165) is 32.0 Å². The second-order valence-electron chi connectivity index (χ2n) is 20.6. The second kappa shape index (κ2) is 13.8. The van der Waals surface area contributed by atoms with Crippen LogP contribution in [0.15, 0.2) is 95.1 Å². The minimum Gasteiger partial charge on any atom is -0.0578 e. The molecule has 4 aliphatic rings. The van der Waals surface area contributed by atoms with E-state index in [4.69, 9.17) is 0 Å². The highest BCUT2D eigenvalue weighted by Gasteiger charge is 2.57. The SMILES string of the molecule is CC(C)(C)C1=CC2=c3c#cc#cc4ccc(C(C)(C)C)cc4c#cc#cc4cc(C(C)(C)C)ccc4c#cc#cc3=C3C=C(C(C)(C)C)C=C4C=CC(=C1)[C@]2(C)[C@@]43C. The van der Waals surface area contributed by atoms with Crippen LogP contribution in [0.5, 0.6) is 0 Å². The lowest BCUT2D eigenvalue weighted by Gasteiger charge is -2.56. The smallest absolute Gasteiger partial charge is 0.0457 e. The molecular formula is C58H54. The number of hydrogen-bond donors (Lipinski definition) is 0. The molecule has 4 aliphatic carbocycles. The van der Waals surface area contributed by atoms with Crippen molar-refractivity contribution >= 4 is 32.7 Å². The minimum atomic E-state index is -0.392. The molecule has 0 saturated heterocycles. The Labute approximate surface area is 350 Å². The van der Waals surface area contributed by atoms with Gasteiger partial charge in [-0.2, -0.15) is 0 Å². The van der Waals surface area contributed by atoms with Gasteiger partial charge in [0.1, 0.15) is 0 Å². The average Bonchev–Trinajstić information content (AvgIpc) is 3.12. The van der Waals surface area contributed by atoms with Gasteiger partial charge in [-0.3, -0.25) is 0 Å². The Morgan fingerprint density at radius 1 is 0.379 bits per heavy atom. The molecule has 0 heteroatoms. The third-order valence-electron chi connectivity index (χ3n) is 12.5. The van der Waals surface area contributed by atoms with Gasteiger partial charge >= 0.3 is 0 Å². The van der Waals surface area contributed by atoms with Crippen molar-refractivity contribution in [2.45, 2.75) is 108 Å². The molecule has 58 heavy (non-hydrogen) atoms. The Kier molecular flexibility index (Phi) is 9.58. The molecule has 0 radical (unpaired) electrons. The summed E-state index contributed by atoms with van der Waals surface area (Å²) in [6.45, 7) is 31.7. The summed E-state index contributed by atoms with van der Waals surface area (Å²) in [6, 6.07) is 52.8. The zero-order chi connectivity index (χ0) is 42.1. The van der Waals surface area contributed by atoms with Crippen molar-refractivity contribution in [2.24, 2.45) is 21.7 Å². The van der Waals surface area contributed by atoms with E-state index in [1.807, 2.05) is 0 Å². The molecule has 0 aromatic heterocycles. The van der Waals surface area contributed by atoms with Gasteiger partial charge in [-0.05, 0) is 127 Å².